The maximum Gasteiger partial charge on any atom is 0.328 e. The first kappa shape index (κ1) is 25.6. The molecule has 10 heteroatoms. The largest absolute Gasteiger partial charge is 0.496 e. The van der Waals surface area contributed by atoms with Crippen molar-refractivity contribution >= 4 is 27.6 Å². The molecular formula is C23H27NO8S. The molecule has 2 rings (SSSR count). The zero-order valence-corrected chi connectivity index (χ0v) is 19.6. The molecule has 0 amide bonds. The van der Waals surface area contributed by atoms with Crippen LogP contribution >= 0.6 is 0 Å². The molecule has 0 saturated carbocycles. The molecular weight excluding hydrogens is 450 g/mol. The van der Waals surface area contributed by atoms with Gasteiger partial charge >= 0.3 is 5.97 Å². The first-order valence-electron chi connectivity index (χ1n) is 9.74. The molecule has 0 spiro atoms. The average Bonchev–Trinajstić information content (AvgIpc) is 2.79. The molecule has 0 unspecified atom stereocenters. The second-order valence-electron chi connectivity index (χ2n) is 6.71. The van der Waals surface area contributed by atoms with Crippen LogP contribution in [0.25, 0.3) is 6.08 Å². The summed E-state index contributed by atoms with van der Waals surface area (Å²) in [5.41, 5.74) is 1.54. The average molecular weight is 478 g/mol. The Labute approximate surface area is 193 Å². The second-order valence-corrected chi connectivity index (χ2v) is 8.60. The Balaban J connectivity index is 2.26. The number of hydrogen-bond donors (Lipinski definition) is 2. The van der Waals surface area contributed by atoms with Crippen molar-refractivity contribution in [3.05, 3.63) is 59.0 Å². The van der Waals surface area contributed by atoms with Crippen LogP contribution in [0.4, 0.5) is 5.69 Å². The molecule has 0 heterocycles. The first-order valence-corrected chi connectivity index (χ1v) is 11.5. The molecule has 2 aromatic carbocycles. The van der Waals surface area contributed by atoms with Crippen LogP contribution in [0.3, 0.4) is 0 Å². The van der Waals surface area contributed by atoms with Crippen molar-refractivity contribution in [3.63, 3.8) is 0 Å². The lowest BCUT2D eigenvalue weighted by Crippen LogP contribution is -2.05. The number of anilines is 1. The zero-order chi connectivity index (χ0) is 24.4. The van der Waals surface area contributed by atoms with Crippen LogP contribution in [0.5, 0.6) is 23.0 Å². The van der Waals surface area contributed by atoms with Gasteiger partial charge in [-0.15, -0.1) is 0 Å². The number of carboxylic acid groups (broad SMARTS) is 1. The Hall–Kier alpha value is -3.66. The van der Waals surface area contributed by atoms with Gasteiger partial charge in [-0.25, -0.2) is 13.2 Å². The van der Waals surface area contributed by atoms with Gasteiger partial charge in [0.05, 0.1) is 45.4 Å². The van der Waals surface area contributed by atoms with Crippen molar-refractivity contribution in [1.82, 2.24) is 0 Å². The zero-order valence-electron chi connectivity index (χ0n) is 18.8. The molecule has 2 N–H and O–H groups in total. The predicted molar refractivity (Wildman–Crippen MR) is 126 cm³/mol. The highest BCUT2D eigenvalue weighted by Gasteiger charge is 2.14. The van der Waals surface area contributed by atoms with Gasteiger partial charge < -0.3 is 29.4 Å². The third-order valence-corrected chi connectivity index (χ3v) is 5.78. The number of hydrogen-bond acceptors (Lipinski definition) is 8. The third kappa shape index (κ3) is 7.46. The molecule has 0 aliphatic rings. The van der Waals surface area contributed by atoms with E-state index in [-0.39, 0.29) is 12.3 Å². The summed E-state index contributed by atoms with van der Waals surface area (Å²) in [6.45, 7) is 0.232. The van der Waals surface area contributed by atoms with Crippen LogP contribution in [0.15, 0.2) is 47.9 Å². The topological polar surface area (TPSA) is 120 Å². The van der Waals surface area contributed by atoms with Crippen molar-refractivity contribution in [2.24, 2.45) is 0 Å². The Bertz CT molecular complexity index is 1110. The Morgan fingerprint density at radius 1 is 0.970 bits per heavy atom. The van der Waals surface area contributed by atoms with Gasteiger partial charge in [0.25, 0.3) is 0 Å². The summed E-state index contributed by atoms with van der Waals surface area (Å²) in [7, 11) is 2.28. The Morgan fingerprint density at radius 2 is 1.61 bits per heavy atom. The van der Waals surface area contributed by atoms with E-state index in [4.69, 9.17) is 24.1 Å². The minimum atomic E-state index is -3.65. The van der Waals surface area contributed by atoms with Gasteiger partial charge in [-0.3, -0.25) is 0 Å². The predicted octanol–water partition coefficient (Wildman–Crippen LogP) is 3.36. The van der Waals surface area contributed by atoms with Crippen LogP contribution in [0, 0.1) is 0 Å². The van der Waals surface area contributed by atoms with E-state index in [0.717, 1.165) is 11.5 Å². The lowest BCUT2D eigenvalue weighted by atomic mass is 10.1. The van der Waals surface area contributed by atoms with Crippen LogP contribution in [-0.2, 0) is 20.4 Å². The number of rotatable bonds is 12. The van der Waals surface area contributed by atoms with E-state index in [0.29, 0.717) is 39.8 Å². The normalized spacial score (nSPS) is 11.5. The molecule has 0 fully saturated rings. The summed E-state index contributed by atoms with van der Waals surface area (Å²) in [6.07, 6.45) is 3.87. The fourth-order valence-corrected chi connectivity index (χ4v) is 4.04. The van der Waals surface area contributed by atoms with Gasteiger partial charge in [0.1, 0.15) is 23.0 Å². The summed E-state index contributed by atoms with van der Waals surface area (Å²) >= 11 is 0. The van der Waals surface area contributed by atoms with Gasteiger partial charge in [0, 0.05) is 30.2 Å². The highest BCUT2D eigenvalue weighted by Crippen LogP contribution is 2.35. The number of carbonyl (C=O) groups is 1. The van der Waals surface area contributed by atoms with E-state index in [9.17, 15) is 13.2 Å². The van der Waals surface area contributed by atoms with E-state index in [2.05, 4.69) is 5.32 Å². The van der Waals surface area contributed by atoms with E-state index in [1.165, 1.54) is 40.6 Å². The van der Waals surface area contributed by atoms with Crippen molar-refractivity contribution in [3.8, 4) is 23.0 Å². The van der Waals surface area contributed by atoms with Crippen LogP contribution in [0.2, 0.25) is 0 Å². The molecule has 178 valence electrons. The summed E-state index contributed by atoms with van der Waals surface area (Å²) in [6, 6.07) is 8.21. The Morgan fingerprint density at radius 3 is 2.15 bits per heavy atom. The molecule has 0 radical (unpaired) electrons. The quantitative estimate of drug-likeness (QED) is 0.443. The highest BCUT2D eigenvalue weighted by molar-refractivity contribution is 7.93. The standard InChI is InChI=1S/C23H27NO8S/c1-29-17-13-21(31-3)18(22(14-17)32-4)9-11-33(27,28)15-16-7-8-20(30-2)19(12-16)24-10-5-6-23(25)26/h5-9,11-14,24H,10,15H2,1-4H3,(H,25,26). The molecule has 0 bridgehead atoms. The van der Waals surface area contributed by atoms with Gasteiger partial charge in [-0.2, -0.15) is 0 Å². The van der Waals surface area contributed by atoms with Gasteiger partial charge in [0.15, 0.2) is 9.84 Å². The number of sulfone groups is 1. The molecule has 0 saturated heterocycles. The maximum absolute atomic E-state index is 12.8. The van der Waals surface area contributed by atoms with Gasteiger partial charge in [0.2, 0.25) is 0 Å². The molecule has 0 atom stereocenters. The van der Waals surface area contributed by atoms with Crippen molar-refractivity contribution in [2.75, 3.05) is 40.3 Å². The van der Waals surface area contributed by atoms with Crippen LogP contribution in [0.1, 0.15) is 11.1 Å². The van der Waals surface area contributed by atoms with E-state index < -0.39 is 15.8 Å². The molecule has 2 aromatic rings. The summed E-state index contributed by atoms with van der Waals surface area (Å²) < 4.78 is 46.7. The van der Waals surface area contributed by atoms with Crippen molar-refractivity contribution in [2.45, 2.75) is 5.75 Å². The lowest BCUT2D eigenvalue weighted by Gasteiger charge is -2.13. The smallest absolute Gasteiger partial charge is 0.328 e. The molecule has 0 aliphatic heterocycles. The van der Waals surface area contributed by atoms with Gasteiger partial charge in [-0.05, 0) is 23.8 Å². The van der Waals surface area contributed by atoms with E-state index in [1.54, 1.807) is 30.3 Å². The fraction of sp³-hybridized carbons (Fsp3) is 0.261. The first-order chi connectivity index (χ1) is 15.7. The number of ether oxygens (including phenoxy) is 4. The van der Waals surface area contributed by atoms with E-state index in [1.807, 2.05) is 0 Å². The Kier molecular flexibility index (Phi) is 9.17. The molecule has 9 nitrogen and oxygen atoms in total. The number of aliphatic carboxylic acids is 1. The number of nitrogens with one attached hydrogen (secondary N) is 1. The summed E-state index contributed by atoms with van der Waals surface area (Å²) in [5, 5.41) is 12.8. The minimum Gasteiger partial charge on any atom is -0.496 e. The summed E-state index contributed by atoms with van der Waals surface area (Å²) in [5.74, 6) is 0.517. The third-order valence-electron chi connectivity index (χ3n) is 4.50. The second kappa shape index (κ2) is 11.8. The fourth-order valence-electron chi connectivity index (χ4n) is 2.96. The molecule has 0 aliphatic carbocycles. The monoisotopic (exact) mass is 477 g/mol. The molecule has 0 aromatic heterocycles. The van der Waals surface area contributed by atoms with Crippen LogP contribution < -0.4 is 24.3 Å². The van der Waals surface area contributed by atoms with Crippen LogP contribution in [-0.4, -0.2) is 54.5 Å². The van der Waals surface area contributed by atoms with Gasteiger partial charge in [-0.1, -0.05) is 12.1 Å². The SMILES string of the molecule is COc1cc(OC)c(C=CS(=O)(=O)Cc2ccc(OC)c(NCC=CC(=O)O)c2)c(OC)c1. The highest BCUT2D eigenvalue weighted by atomic mass is 32.2. The van der Waals surface area contributed by atoms with Crippen molar-refractivity contribution < 1.29 is 37.3 Å². The maximum atomic E-state index is 12.8. The number of benzene rings is 2. The minimum absolute atomic E-state index is 0.232. The van der Waals surface area contributed by atoms with Crippen molar-refractivity contribution in [1.29, 1.82) is 0 Å². The molecule has 33 heavy (non-hydrogen) atoms. The summed E-state index contributed by atoms with van der Waals surface area (Å²) in [4.78, 5) is 10.6. The lowest BCUT2D eigenvalue weighted by molar-refractivity contribution is -0.131. The number of carboxylic acids is 1. The number of methoxy groups -OCH3 is 4. The van der Waals surface area contributed by atoms with E-state index >= 15 is 0 Å².